The van der Waals surface area contributed by atoms with E-state index in [4.69, 9.17) is 4.74 Å². The number of aromatic nitrogens is 2. The molecule has 0 aliphatic carbocycles. The Bertz CT molecular complexity index is 1190. The maximum Gasteiger partial charge on any atom is 0.411 e. The van der Waals surface area contributed by atoms with Gasteiger partial charge in [0.25, 0.3) is 5.56 Å². The van der Waals surface area contributed by atoms with Crippen LogP contribution in [0.25, 0.3) is 11.3 Å². The number of benzene rings is 2. The third-order valence-corrected chi connectivity index (χ3v) is 5.43. The SMILES string of the molecule is O=C(Nc1cccc(Cn2nc(-c3ccc(F)c(F)c3)ccc2=O)c1)OCCN1CCCC1. The van der Waals surface area contributed by atoms with Crippen molar-refractivity contribution in [1.29, 1.82) is 0 Å². The zero-order valence-electron chi connectivity index (χ0n) is 18.0. The van der Waals surface area contributed by atoms with E-state index in [2.05, 4.69) is 15.3 Å². The highest BCUT2D eigenvalue weighted by Crippen LogP contribution is 2.19. The van der Waals surface area contributed by atoms with E-state index in [1.54, 1.807) is 24.3 Å². The van der Waals surface area contributed by atoms with Crippen LogP contribution < -0.4 is 10.9 Å². The van der Waals surface area contributed by atoms with Crippen molar-refractivity contribution in [3.8, 4) is 11.3 Å². The predicted molar refractivity (Wildman–Crippen MR) is 120 cm³/mol. The number of hydrogen-bond donors (Lipinski definition) is 1. The van der Waals surface area contributed by atoms with E-state index in [0.29, 0.717) is 23.6 Å². The number of halogens is 2. The van der Waals surface area contributed by atoms with Gasteiger partial charge in [0.2, 0.25) is 0 Å². The number of likely N-dealkylation sites (tertiary alicyclic amines) is 1. The Balaban J connectivity index is 1.40. The molecule has 0 saturated carbocycles. The average Bonchev–Trinajstić information content (AvgIpc) is 3.31. The van der Waals surface area contributed by atoms with E-state index in [-0.39, 0.29) is 12.1 Å². The summed E-state index contributed by atoms with van der Waals surface area (Å²) in [5.41, 5.74) is 1.60. The molecule has 0 unspecified atom stereocenters. The Hall–Kier alpha value is -3.59. The van der Waals surface area contributed by atoms with Gasteiger partial charge >= 0.3 is 6.09 Å². The Morgan fingerprint density at radius 1 is 1.03 bits per heavy atom. The Kier molecular flexibility index (Phi) is 7.09. The van der Waals surface area contributed by atoms with Gasteiger partial charge in [0.15, 0.2) is 11.6 Å². The molecule has 7 nitrogen and oxygen atoms in total. The number of ether oxygens (including phenoxy) is 1. The second-order valence-corrected chi connectivity index (χ2v) is 7.85. The van der Waals surface area contributed by atoms with Crippen LogP contribution in [0, 0.1) is 11.6 Å². The minimum Gasteiger partial charge on any atom is -0.448 e. The maximum atomic E-state index is 13.6. The summed E-state index contributed by atoms with van der Waals surface area (Å²) in [6, 6.07) is 13.2. The molecule has 1 aliphatic heterocycles. The first-order chi connectivity index (χ1) is 16.0. The molecule has 1 aliphatic rings. The summed E-state index contributed by atoms with van der Waals surface area (Å²) in [6.07, 6.45) is 1.82. The van der Waals surface area contributed by atoms with Gasteiger partial charge in [-0.25, -0.2) is 18.3 Å². The van der Waals surface area contributed by atoms with Crippen molar-refractivity contribution in [3.05, 3.63) is 82.1 Å². The molecule has 1 saturated heterocycles. The van der Waals surface area contributed by atoms with Crippen LogP contribution in [-0.2, 0) is 11.3 Å². The minimum atomic E-state index is -0.988. The zero-order valence-corrected chi connectivity index (χ0v) is 18.0. The van der Waals surface area contributed by atoms with Crippen LogP contribution in [0.4, 0.5) is 19.3 Å². The zero-order chi connectivity index (χ0) is 23.2. The van der Waals surface area contributed by atoms with Crippen molar-refractivity contribution in [2.24, 2.45) is 0 Å². The number of anilines is 1. The molecule has 2 aromatic carbocycles. The maximum absolute atomic E-state index is 13.6. The molecule has 172 valence electrons. The van der Waals surface area contributed by atoms with Crippen LogP contribution in [0.5, 0.6) is 0 Å². The number of nitrogens with one attached hydrogen (secondary N) is 1. The Labute approximate surface area is 189 Å². The standard InChI is InChI=1S/C24H24F2N4O3/c25-20-7-6-18(15-21(20)26)22-8-9-23(31)30(28-22)16-17-4-3-5-19(14-17)27-24(32)33-13-12-29-10-1-2-11-29/h3-9,14-15H,1-2,10-13,16H2,(H,27,32). The van der Waals surface area contributed by atoms with Crippen LogP contribution in [-0.4, -0.2) is 47.0 Å². The first-order valence-electron chi connectivity index (χ1n) is 10.8. The monoisotopic (exact) mass is 454 g/mol. The summed E-state index contributed by atoms with van der Waals surface area (Å²) in [5, 5.41) is 6.97. The number of hydrogen-bond acceptors (Lipinski definition) is 5. The lowest BCUT2D eigenvalue weighted by Crippen LogP contribution is -2.26. The van der Waals surface area contributed by atoms with E-state index in [1.807, 2.05) is 0 Å². The molecular weight excluding hydrogens is 430 g/mol. The smallest absolute Gasteiger partial charge is 0.411 e. The fourth-order valence-electron chi connectivity index (χ4n) is 3.72. The molecule has 0 radical (unpaired) electrons. The van der Waals surface area contributed by atoms with Gasteiger partial charge in [-0.05, 0) is 67.9 Å². The molecule has 33 heavy (non-hydrogen) atoms. The van der Waals surface area contributed by atoms with Crippen molar-refractivity contribution in [3.63, 3.8) is 0 Å². The topological polar surface area (TPSA) is 76.5 Å². The molecule has 1 N–H and O–H groups in total. The highest BCUT2D eigenvalue weighted by atomic mass is 19.2. The van der Waals surface area contributed by atoms with Gasteiger partial charge in [-0.1, -0.05) is 12.1 Å². The normalized spacial score (nSPS) is 13.8. The number of amides is 1. The fourth-order valence-corrected chi connectivity index (χ4v) is 3.72. The molecule has 3 aromatic rings. The molecule has 0 spiro atoms. The van der Waals surface area contributed by atoms with Gasteiger partial charge in [0.1, 0.15) is 6.61 Å². The largest absolute Gasteiger partial charge is 0.448 e. The molecule has 1 fully saturated rings. The molecule has 4 rings (SSSR count). The van der Waals surface area contributed by atoms with Crippen molar-refractivity contribution in [2.45, 2.75) is 19.4 Å². The van der Waals surface area contributed by atoms with Crippen LogP contribution in [0.3, 0.4) is 0 Å². The summed E-state index contributed by atoms with van der Waals surface area (Å²) in [6.45, 7) is 3.25. The first kappa shape index (κ1) is 22.6. The van der Waals surface area contributed by atoms with Crippen molar-refractivity contribution in [2.75, 3.05) is 31.6 Å². The predicted octanol–water partition coefficient (Wildman–Crippen LogP) is 3.88. The molecule has 0 atom stereocenters. The second kappa shape index (κ2) is 10.4. The number of carbonyl (C=O) groups excluding carboxylic acids is 1. The molecule has 1 amide bonds. The lowest BCUT2D eigenvalue weighted by molar-refractivity contribution is 0.146. The van der Waals surface area contributed by atoms with E-state index in [9.17, 15) is 18.4 Å². The van der Waals surface area contributed by atoms with E-state index in [1.165, 1.54) is 35.7 Å². The summed E-state index contributed by atoms with van der Waals surface area (Å²) < 4.78 is 33.3. The van der Waals surface area contributed by atoms with E-state index < -0.39 is 17.7 Å². The molecular formula is C24H24F2N4O3. The van der Waals surface area contributed by atoms with E-state index >= 15 is 0 Å². The van der Waals surface area contributed by atoms with Gasteiger partial charge < -0.3 is 4.74 Å². The summed E-state index contributed by atoms with van der Waals surface area (Å²) in [7, 11) is 0. The van der Waals surface area contributed by atoms with Crippen molar-refractivity contribution >= 4 is 11.8 Å². The summed E-state index contributed by atoms with van der Waals surface area (Å²) in [5.74, 6) is -1.94. The van der Waals surface area contributed by atoms with Crippen LogP contribution in [0.15, 0.2) is 59.4 Å². The quantitative estimate of drug-likeness (QED) is 0.586. The van der Waals surface area contributed by atoms with Crippen LogP contribution in [0.2, 0.25) is 0 Å². The van der Waals surface area contributed by atoms with Crippen molar-refractivity contribution < 1.29 is 18.3 Å². The van der Waals surface area contributed by atoms with Gasteiger partial charge in [0.05, 0.1) is 12.2 Å². The Morgan fingerprint density at radius 3 is 2.64 bits per heavy atom. The summed E-state index contributed by atoms with van der Waals surface area (Å²) >= 11 is 0. The lowest BCUT2D eigenvalue weighted by Gasteiger charge is -2.14. The molecule has 1 aromatic heterocycles. The number of nitrogens with zero attached hydrogens (tertiary/aromatic N) is 3. The summed E-state index contributed by atoms with van der Waals surface area (Å²) in [4.78, 5) is 26.6. The average molecular weight is 454 g/mol. The van der Waals surface area contributed by atoms with Gasteiger partial charge in [-0.3, -0.25) is 15.0 Å². The minimum absolute atomic E-state index is 0.135. The lowest BCUT2D eigenvalue weighted by atomic mass is 10.1. The first-order valence-corrected chi connectivity index (χ1v) is 10.8. The van der Waals surface area contributed by atoms with Crippen LogP contribution in [0.1, 0.15) is 18.4 Å². The van der Waals surface area contributed by atoms with E-state index in [0.717, 1.165) is 37.3 Å². The van der Waals surface area contributed by atoms with Gasteiger partial charge in [-0.2, -0.15) is 5.10 Å². The second-order valence-electron chi connectivity index (χ2n) is 7.85. The third kappa shape index (κ3) is 6.01. The molecule has 2 heterocycles. The fraction of sp³-hybridized carbons (Fsp3) is 0.292. The van der Waals surface area contributed by atoms with Crippen molar-refractivity contribution in [1.82, 2.24) is 14.7 Å². The van der Waals surface area contributed by atoms with Gasteiger partial charge in [0, 0.05) is 23.9 Å². The van der Waals surface area contributed by atoms with Crippen LogP contribution >= 0.6 is 0 Å². The number of carbonyl (C=O) groups is 1. The highest BCUT2D eigenvalue weighted by Gasteiger charge is 2.12. The number of rotatable bonds is 7. The molecule has 0 bridgehead atoms. The third-order valence-electron chi connectivity index (χ3n) is 5.43. The highest BCUT2D eigenvalue weighted by molar-refractivity contribution is 5.84. The molecule has 9 heteroatoms. The Morgan fingerprint density at radius 2 is 1.85 bits per heavy atom. The van der Waals surface area contributed by atoms with Gasteiger partial charge in [-0.15, -0.1) is 0 Å².